The third-order valence-corrected chi connectivity index (χ3v) is 4.03. The second-order valence-electron chi connectivity index (χ2n) is 5.23. The number of hydrogen-bond acceptors (Lipinski definition) is 2. The first-order valence-corrected chi connectivity index (χ1v) is 6.61. The Kier molecular flexibility index (Phi) is 5.62. The SMILES string of the molecule is CCC(CCN)N(C)C1CCCC(C)C1. The van der Waals surface area contributed by atoms with Crippen molar-refractivity contribution >= 4 is 0 Å². The van der Waals surface area contributed by atoms with Gasteiger partial charge in [0.05, 0.1) is 0 Å². The first-order valence-electron chi connectivity index (χ1n) is 6.61. The van der Waals surface area contributed by atoms with E-state index in [1.165, 1.54) is 32.1 Å². The molecule has 1 saturated carbocycles. The Bertz CT molecular complexity index is 170. The molecule has 0 radical (unpaired) electrons. The summed E-state index contributed by atoms with van der Waals surface area (Å²) in [5.74, 6) is 0.918. The fourth-order valence-electron chi connectivity index (χ4n) is 2.96. The molecular weight excluding hydrogens is 184 g/mol. The maximum Gasteiger partial charge on any atom is 0.0104 e. The van der Waals surface area contributed by atoms with Crippen molar-refractivity contribution in [1.29, 1.82) is 0 Å². The van der Waals surface area contributed by atoms with Gasteiger partial charge in [-0.25, -0.2) is 0 Å². The van der Waals surface area contributed by atoms with Crippen LogP contribution < -0.4 is 5.73 Å². The Balaban J connectivity index is 2.45. The van der Waals surface area contributed by atoms with Crippen LogP contribution in [-0.4, -0.2) is 30.6 Å². The summed E-state index contributed by atoms with van der Waals surface area (Å²) in [5, 5.41) is 0. The van der Waals surface area contributed by atoms with Crippen LogP contribution in [0, 0.1) is 5.92 Å². The van der Waals surface area contributed by atoms with E-state index in [4.69, 9.17) is 5.73 Å². The van der Waals surface area contributed by atoms with Gasteiger partial charge in [0.1, 0.15) is 0 Å². The normalized spacial score (nSPS) is 29.4. The van der Waals surface area contributed by atoms with Crippen molar-refractivity contribution in [1.82, 2.24) is 4.90 Å². The molecule has 2 heteroatoms. The van der Waals surface area contributed by atoms with Gasteiger partial charge in [-0.15, -0.1) is 0 Å². The second-order valence-corrected chi connectivity index (χ2v) is 5.23. The summed E-state index contributed by atoms with van der Waals surface area (Å²) in [5.41, 5.74) is 5.67. The fourth-order valence-corrected chi connectivity index (χ4v) is 2.96. The van der Waals surface area contributed by atoms with Gasteiger partial charge in [-0.1, -0.05) is 26.7 Å². The Labute approximate surface area is 95.2 Å². The standard InChI is InChI=1S/C13H28N2/c1-4-12(8-9-14)15(3)13-7-5-6-11(2)10-13/h11-13H,4-10,14H2,1-3H3. The van der Waals surface area contributed by atoms with E-state index in [1.807, 2.05) is 0 Å². The quantitative estimate of drug-likeness (QED) is 0.759. The van der Waals surface area contributed by atoms with Gasteiger partial charge in [-0.3, -0.25) is 0 Å². The van der Waals surface area contributed by atoms with Crippen molar-refractivity contribution in [3.8, 4) is 0 Å². The van der Waals surface area contributed by atoms with Crippen LogP contribution in [0.15, 0.2) is 0 Å². The monoisotopic (exact) mass is 212 g/mol. The van der Waals surface area contributed by atoms with Crippen LogP contribution in [0.1, 0.15) is 52.4 Å². The van der Waals surface area contributed by atoms with E-state index in [-0.39, 0.29) is 0 Å². The Morgan fingerprint density at radius 2 is 2.13 bits per heavy atom. The van der Waals surface area contributed by atoms with Crippen LogP contribution in [0.3, 0.4) is 0 Å². The minimum atomic E-state index is 0.699. The van der Waals surface area contributed by atoms with E-state index in [0.717, 1.165) is 24.9 Å². The predicted octanol–water partition coefficient (Wildman–Crippen LogP) is 2.62. The smallest absolute Gasteiger partial charge is 0.0104 e. The van der Waals surface area contributed by atoms with Gasteiger partial charge in [-0.2, -0.15) is 0 Å². The zero-order valence-electron chi connectivity index (χ0n) is 10.7. The first-order chi connectivity index (χ1) is 7.19. The third kappa shape index (κ3) is 3.76. The van der Waals surface area contributed by atoms with Crippen molar-refractivity contribution in [2.24, 2.45) is 11.7 Å². The summed E-state index contributed by atoms with van der Waals surface area (Å²) < 4.78 is 0. The molecule has 90 valence electrons. The highest BCUT2D eigenvalue weighted by molar-refractivity contribution is 4.81. The van der Waals surface area contributed by atoms with Crippen LogP contribution in [0.2, 0.25) is 0 Å². The summed E-state index contributed by atoms with van der Waals surface area (Å²) >= 11 is 0. The van der Waals surface area contributed by atoms with Gasteiger partial charge in [-0.05, 0) is 45.2 Å². The Hall–Kier alpha value is -0.0800. The predicted molar refractivity (Wildman–Crippen MR) is 66.9 cm³/mol. The summed E-state index contributed by atoms with van der Waals surface area (Å²) in [7, 11) is 2.30. The highest BCUT2D eigenvalue weighted by atomic mass is 15.2. The lowest BCUT2D eigenvalue weighted by atomic mass is 9.85. The average Bonchev–Trinajstić information content (AvgIpc) is 2.25. The van der Waals surface area contributed by atoms with Crippen molar-refractivity contribution < 1.29 is 0 Å². The molecule has 0 aromatic carbocycles. The summed E-state index contributed by atoms with van der Waals surface area (Å²) in [6.07, 6.45) is 8.00. The van der Waals surface area contributed by atoms with Crippen LogP contribution in [0.4, 0.5) is 0 Å². The minimum absolute atomic E-state index is 0.699. The summed E-state index contributed by atoms with van der Waals surface area (Å²) in [6, 6.07) is 1.51. The highest BCUT2D eigenvalue weighted by Crippen LogP contribution is 2.28. The van der Waals surface area contributed by atoms with Gasteiger partial charge >= 0.3 is 0 Å². The molecule has 1 aliphatic rings. The maximum atomic E-state index is 5.67. The number of nitrogens with zero attached hydrogens (tertiary/aromatic N) is 1. The Morgan fingerprint density at radius 3 is 2.67 bits per heavy atom. The molecule has 0 amide bonds. The van der Waals surface area contributed by atoms with Gasteiger partial charge in [0.2, 0.25) is 0 Å². The highest BCUT2D eigenvalue weighted by Gasteiger charge is 2.25. The summed E-state index contributed by atoms with van der Waals surface area (Å²) in [4.78, 5) is 2.60. The molecule has 0 heterocycles. The molecule has 15 heavy (non-hydrogen) atoms. The van der Waals surface area contributed by atoms with E-state index in [9.17, 15) is 0 Å². The molecule has 0 aliphatic heterocycles. The van der Waals surface area contributed by atoms with Gasteiger partial charge < -0.3 is 10.6 Å². The molecule has 2 N–H and O–H groups in total. The molecule has 0 saturated heterocycles. The molecule has 2 nitrogen and oxygen atoms in total. The number of hydrogen-bond donors (Lipinski definition) is 1. The van der Waals surface area contributed by atoms with E-state index in [0.29, 0.717) is 6.04 Å². The molecule has 0 spiro atoms. The van der Waals surface area contributed by atoms with E-state index in [2.05, 4.69) is 25.8 Å². The molecule has 0 bridgehead atoms. The van der Waals surface area contributed by atoms with Gasteiger partial charge in [0.25, 0.3) is 0 Å². The van der Waals surface area contributed by atoms with E-state index >= 15 is 0 Å². The van der Waals surface area contributed by atoms with Crippen LogP contribution in [0.5, 0.6) is 0 Å². The second kappa shape index (κ2) is 6.49. The molecule has 0 aromatic rings. The lowest BCUT2D eigenvalue weighted by Crippen LogP contribution is -2.43. The van der Waals surface area contributed by atoms with Gasteiger partial charge in [0, 0.05) is 12.1 Å². The zero-order valence-corrected chi connectivity index (χ0v) is 10.7. The molecule has 1 rings (SSSR count). The fraction of sp³-hybridized carbons (Fsp3) is 1.00. The van der Waals surface area contributed by atoms with Crippen molar-refractivity contribution in [2.75, 3.05) is 13.6 Å². The van der Waals surface area contributed by atoms with E-state index in [1.54, 1.807) is 0 Å². The van der Waals surface area contributed by atoms with Crippen LogP contribution in [-0.2, 0) is 0 Å². The number of nitrogens with two attached hydrogens (primary N) is 1. The molecule has 0 aromatic heterocycles. The molecule has 1 fully saturated rings. The molecule has 3 atom stereocenters. The minimum Gasteiger partial charge on any atom is -0.330 e. The van der Waals surface area contributed by atoms with Crippen molar-refractivity contribution in [2.45, 2.75) is 64.5 Å². The molecular formula is C13H28N2. The summed E-state index contributed by atoms with van der Waals surface area (Å²) in [6.45, 7) is 5.50. The van der Waals surface area contributed by atoms with Crippen molar-refractivity contribution in [3.63, 3.8) is 0 Å². The lowest BCUT2D eigenvalue weighted by Gasteiger charge is -2.38. The Morgan fingerprint density at radius 1 is 1.40 bits per heavy atom. The van der Waals surface area contributed by atoms with Crippen LogP contribution in [0.25, 0.3) is 0 Å². The van der Waals surface area contributed by atoms with Crippen molar-refractivity contribution in [3.05, 3.63) is 0 Å². The average molecular weight is 212 g/mol. The van der Waals surface area contributed by atoms with Crippen LogP contribution >= 0.6 is 0 Å². The first kappa shape index (κ1) is 13.0. The molecule has 3 unspecified atom stereocenters. The lowest BCUT2D eigenvalue weighted by molar-refractivity contribution is 0.111. The molecule has 1 aliphatic carbocycles. The zero-order chi connectivity index (χ0) is 11.3. The largest absolute Gasteiger partial charge is 0.330 e. The number of rotatable bonds is 5. The topological polar surface area (TPSA) is 29.3 Å². The van der Waals surface area contributed by atoms with Gasteiger partial charge in [0.15, 0.2) is 0 Å². The van der Waals surface area contributed by atoms with E-state index < -0.39 is 0 Å². The third-order valence-electron chi connectivity index (χ3n) is 4.03. The maximum absolute atomic E-state index is 5.67.